The highest BCUT2D eigenvalue weighted by Gasteiger charge is 2.47. The van der Waals surface area contributed by atoms with Crippen LogP contribution in [0.15, 0.2) is 72.0 Å². The van der Waals surface area contributed by atoms with Gasteiger partial charge in [-0.3, -0.25) is 14.5 Å². The molecule has 44 heavy (non-hydrogen) atoms. The molecule has 0 radical (unpaired) electrons. The van der Waals surface area contributed by atoms with Crippen molar-refractivity contribution in [3.05, 3.63) is 110 Å². The van der Waals surface area contributed by atoms with Crippen molar-refractivity contribution in [2.75, 3.05) is 11.5 Å². The number of benzene rings is 3. The van der Waals surface area contributed by atoms with E-state index in [4.69, 9.17) is 14.5 Å². The van der Waals surface area contributed by atoms with Crippen molar-refractivity contribution in [1.82, 2.24) is 9.97 Å². The molecule has 0 aliphatic carbocycles. The van der Waals surface area contributed by atoms with E-state index in [1.807, 2.05) is 70.2 Å². The number of fused-ring (bicyclic) bond motifs is 1. The average Bonchev–Trinajstić information content (AvgIpc) is 3.65. The Hall–Kier alpha value is -4.54. The van der Waals surface area contributed by atoms with E-state index in [0.29, 0.717) is 46.0 Å². The molecule has 5 aromatic rings. The van der Waals surface area contributed by atoms with Gasteiger partial charge < -0.3 is 14.6 Å². The number of hydrogen-bond donors (Lipinski definition) is 1. The Morgan fingerprint density at radius 1 is 0.955 bits per heavy atom. The number of carbonyl (C=O) groups excluding carboxylic acids is 2. The largest absolute Gasteiger partial charge is 0.503 e. The lowest BCUT2D eigenvalue weighted by Crippen LogP contribution is -2.31. The third-order valence-electron chi connectivity index (χ3n) is 7.41. The minimum Gasteiger partial charge on any atom is -0.503 e. The van der Waals surface area contributed by atoms with E-state index < -0.39 is 23.5 Å². The summed E-state index contributed by atoms with van der Waals surface area (Å²) in [5.74, 6) is -0.738. The zero-order valence-corrected chi connectivity index (χ0v) is 26.6. The van der Waals surface area contributed by atoms with Crippen LogP contribution in [0.25, 0.3) is 10.2 Å². The highest BCUT2D eigenvalue weighted by Crippen LogP contribution is 2.46. The van der Waals surface area contributed by atoms with Gasteiger partial charge in [-0.05, 0) is 75.1 Å². The van der Waals surface area contributed by atoms with Gasteiger partial charge in [0.25, 0.3) is 5.91 Å². The molecule has 1 unspecified atom stereocenters. The smallest absolute Gasteiger partial charge is 0.296 e. The molecule has 8 nitrogen and oxygen atoms in total. The lowest BCUT2D eigenvalue weighted by Gasteiger charge is -2.25. The first-order valence-corrected chi connectivity index (χ1v) is 15.9. The van der Waals surface area contributed by atoms with E-state index in [-0.39, 0.29) is 5.57 Å². The normalized spacial score (nSPS) is 15.0. The third kappa shape index (κ3) is 5.35. The van der Waals surface area contributed by atoms with Crippen LogP contribution >= 0.6 is 22.7 Å². The number of thiazole rings is 2. The van der Waals surface area contributed by atoms with E-state index in [2.05, 4.69) is 4.98 Å². The second-order valence-electron chi connectivity index (χ2n) is 10.7. The first-order chi connectivity index (χ1) is 21.2. The SMILES string of the molecule is CCOc1cc(C2C(C(=O)c3sc(C)nc3C)=C(O)C(=O)N2c2nc3c(C)cc(C)cc3s2)ccc1OCc1ccccc1. The Morgan fingerprint density at radius 2 is 1.73 bits per heavy atom. The molecule has 0 bridgehead atoms. The lowest BCUT2D eigenvalue weighted by molar-refractivity contribution is -0.117. The van der Waals surface area contributed by atoms with Crippen LogP contribution in [-0.2, 0) is 11.4 Å². The maximum Gasteiger partial charge on any atom is 0.296 e. The second kappa shape index (κ2) is 11.9. The lowest BCUT2D eigenvalue weighted by atomic mass is 9.95. The van der Waals surface area contributed by atoms with Gasteiger partial charge in [0.05, 0.1) is 44.0 Å². The van der Waals surface area contributed by atoms with Gasteiger partial charge in [0.1, 0.15) is 6.61 Å². The van der Waals surface area contributed by atoms with E-state index in [1.54, 1.807) is 25.1 Å². The number of aryl methyl sites for hydroxylation is 4. The van der Waals surface area contributed by atoms with Gasteiger partial charge in [-0.15, -0.1) is 11.3 Å². The molecule has 0 fully saturated rings. The number of hydrogen-bond acceptors (Lipinski definition) is 9. The second-order valence-corrected chi connectivity index (χ2v) is 12.9. The summed E-state index contributed by atoms with van der Waals surface area (Å²) in [6.07, 6.45) is 0. The molecule has 10 heteroatoms. The van der Waals surface area contributed by atoms with Crippen LogP contribution in [0.2, 0.25) is 0 Å². The highest BCUT2D eigenvalue weighted by molar-refractivity contribution is 7.22. The molecule has 1 aliphatic heterocycles. The van der Waals surface area contributed by atoms with Crippen molar-refractivity contribution in [1.29, 1.82) is 0 Å². The summed E-state index contributed by atoms with van der Waals surface area (Å²) in [5.41, 5.74) is 4.94. The zero-order chi connectivity index (χ0) is 31.1. The van der Waals surface area contributed by atoms with Crippen molar-refractivity contribution in [2.45, 2.75) is 47.3 Å². The van der Waals surface area contributed by atoms with Gasteiger partial charge in [-0.25, -0.2) is 9.97 Å². The van der Waals surface area contributed by atoms with E-state index in [0.717, 1.165) is 31.9 Å². The minimum absolute atomic E-state index is 0.0192. The molecule has 2 aromatic heterocycles. The summed E-state index contributed by atoms with van der Waals surface area (Å²) in [6, 6.07) is 18.3. The molecule has 0 spiro atoms. The summed E-state index contributed by atoms with van der Waals surface area (Å²) < 4.78 is 13.0. The fraction of sp³-hybridized carbons (Fsp3) is 0.235. The number of ether oxygens (including phenoxy) is 2. The number of carbonyl (C=O) groups is 2. The van der Waals surface area contributed by atoms with Crippen LogP contribution in [-0.4, -0.2) is 33.4 Å². The van der Waals surface area contributed by atoms with E-state index >= 15 is 0 Å². The van der Waals surface area contributed by atoms with Crippen molar-refractivity contribution in [3.8, 4) is 11.5 Å². The fourth-order valence-corrected chi connectivity index (χ4v) is 7.54. The average molecular weight is 626 g/mol. The first kappa shape index (κ1) is 29.5. The quantitative estimate of drug-likeness (QED) is 0.167. The topological polar surface area (TPSA) is 102 Å². The van der Waals surface area contributed by atoms with E-state index in [9.17, 15) is 14.7 Å². The van der Waals surface area contributed by atoms with Gasteiger partial charge in [-0.2, -0.15) is 0 Å². The molecule has 0 saturated heterocycles. The number of aliphatic hydroxyl groups is 1. The maximum atomic E-state index is 14.1. The number of rotatable bonds is 9. The molecule has 1 N–H and O–H groups in total. The monoisotopic (exact) mass is 625 g/mol. The van der Waals surface area contributed by atoms with Gasteiger partial charge >= 0.3 is 0 Å². The molecule has 224 valence electrons. The maximum absolute atomic E-state index is 14.1. The molecule has 6 rings (SSSR count). The number of Topliss-reactive ketones (excluding diaryl/α,β-unsaturated/α-hetero) is 1. The van der Waals surface area contributed by atoms with E-state index in [1.165, 1.54) is 27.6 Å². The Morgan fingerprint density at radius 3 is 2.43 bits per heavy atom. The molecule has 0 saturated carbocycles. The number of anilines is 1. The summed E-state index contributed by atoms with van der Waals surface area (Å²) in [6.45, 7) is 10.2. The minimum atomic E-state index is -0.957. The predicted molar refractivity (Wildman–Crippen MR) is 173 cm³/mol. The van der Waals surface area contributed by atoms with Crippen LogP contribution in [0, 0.1) is 27.7 Å². The number of aromatic nitrogens is 2. The summed E-state index contributed by atoms with van der Waals surface area (Å²) in [4.78, 5) is 39.0. The molecular weight excluding hydrogens is 595 g/mol. The van der Waals surface area contributed by atoms with Crippen LogP contribution in [0.4, 0.5) is 5.13 Å². The number of aliphatic hydroxyl groups excluding tert-OH is 1. The summed E-state index contributed by atoms with van der Waals surface area (Å²) >= 11 is 2.59. The first-order valence-electron chi connectivity index (χ1n) is 14.2. The number of amides is 1. The summed E-state index contributed by atoms with van der Waals surface area (Å²) in [5, 5.41) is 12.4. The number of nitrogens with zero attached hydrogens (tertiary/aromatic N) is 3. The third-order valence-corrected chi connectivity index (χ3v) is 9.48. The van der Waals surface area contributed by atoms with Gasteiger partial charge in [0, 0.05) is 0 Å². The molecule has 1 aliphatic rings. The van der Waals surface area contributed by atoms with Gasteiger partial charge in [0.2, 0.25) is 5.78 Å². The van der Waals surface area contributed by atoms with Crippen LogP contribution in [0.5, 0.6) is 11.5 Å². The van der Waals surface area contributed by atoms with Crippen LogP contribution < -0.4 is 14.4 Å². The molecular formula is C34H31N3O5S2. The van der Waals surface area contributed by atoms with Crippen LogP contribution in [0.3, 0.4) is 0 Å². The van der Waals surface area contributed by atoms with Crippen molar-refractivity contribution in [3.63, 3.8) is 0 Å². The Kier molecular flexibility index (Phi) is 7.96. The molecule has 1 amide bonds. The summed E-state index contributed by atoms with van der Waals surface area (Å²) in [7, 11) is 0. The molecule has 1 atom stereocenters. The van der Waals surface area contributed by atoms with Crippen LogP contribution in [0.1, 0.15) is 55.6 Å². The molecule has 3 heterocycles. The highest BCUT2D eigenvalue weighted by atomic mass is 32.1. The van der Waals surface area contributed by atoms with Crippen molar-refractivity contribution < 1.29 is 24.2 Å². The fourth-order valence-electron chi connectivity index (χ4n) is 5.49. The van der Waals surface area contributed by atoms with Gasteiger partial charge in [0.15, 0.2) is 22.4 Å². The van der Waals surface area contributed by atoms with Gasteiger partial charge in [-0.1, -0.05) is 53.8 Å². The predicted octanol–water partition coefficient (Wildman–Crippen LogP) is 7.75. The Labute approximate surface area is 263 Å². The standard InChI is InChI=1S/C34H31N3O5S2/c1-6-41-25-16-23(12-13-24(25)42-17-22-10-8-7-9-11-22)29-27(30(38)32-20(4)35-21(5)43-32)31(39)33(40)37(29)34-36-28-19(3)14-18(2)15-26(28)44-34/h7-16,29,39H,6,17H2,1-5H3. The van der Waals surface area contributed by atoms with Crippen molar-refractivity contribution >= 4 is 49.7 Å². The Bertz CT molecular complexity index is 1940. The Balaban J connectivity index is 1.48. The zero-order valence-electron chi connectivity index (χ0n) is 25.0. The van der Waals surface area contributed by atoms with Crippen molar-refractivity contribution in [2.24, 2.45) is 0 Å². The molecule has 3 aromatic carbocycles. The number of ketones is 1.